The third kappa shape index (κ3) is 4.12. The highest BCUT2D eigenvalue weighted by molar-refractivity contribution is 7.93. The van der Waals surface area contributed by atoms with Crippen molar-refractivity contribution in [3.05, 3.63) is 23.2 Å². The standard InChI is InChI=1S/C9H10ClNO5S/c1-16-6-2-3-7(10)8(4-6)11-17(14,15)5-9(12)13/h2-4,11H,5H2,1H3,(H,12,13). The number of sulfonamides is 1. The van der Waals surface area contributed by atoms with E-state index < -0.39 is 21.7 Å². The number of anilines is 1. The first-order chi connectivity index (χ1) is 7.84. The predicted molar refractivity (Wildman–Crippen MR) is 63.0 cm³/mol. The number of carboxylic acids is 1. The van der Waals surface area contributed by atoms with Gasteiger partial charge in [-0.15, -0.1) is 0 Å². The molecule has 1 aromatic carbocycles. The number of carbonyl (C=O) groups is 1. The van der Waals surface area contributed by atoms with Gasteiger partial charge in [-0.1, -0.05) is 11.6 Å². The van der Waals surface area contributed by atoms with Gasteiger partial charge in [0.2, 0.25) is 10.0 Å². The molecule has 0 saturated carbocycles. The molecule has 0 atom stereocenters. The third-order valence-corrected chi connectivity index (χ3v) is 3.24. The lowest BCUT2D eigenvalue weighted by atomic mass is 10.3. The molecule has 8 heteroatoms. The van der Waals surface area contributed by atoms with Crippen LogP contribution in [0.25, 0.3) is 0 Å². The van der Waals surface area contributed by atoms with E-state index in [2.05, 4.69) is 4.72 Å². The van der Waals surface area contributed by atoms with Gasteiger partial charge < -0.3 is 9.84 Å². The van der Waals surface area contributed by atoms with Crippen molar-refractivity contribution >= 4 is 33.3 Å². The Bertz CT molecular complexity index is 528. The summed E-state index contributed by atoms with van der Waals surface area (Å²) in [6, 6.07) is 4.36. The zero-order chi connectivity index (χ0) is 13.1. The molecule has 0 aliphatic carbocycles. The van der Waals surface area contributed by atoms with Crippen molar-refractivity contribution < 1.29 is 23.1 Å². The van der Waals surface area contributed by atoms with Gasteiger partial charge in [0.15, 0.2) is 5.75 Å². The van der Waals surface area contributed by atoms with E-state index in [9.17, 15) is 13.2 Å². The van der Waals surface area contributed by atoms with Crippen LogP contribution in [0.1, 0.15) is 0 Å². The quantitative estimate of drug-likeness (QED) is 0.844. The molecule has 0 spiro atoms. The van der Waals surface area contributed by atoms with Gasteiger partial charge in [0.05, 0.1) is 17.8 Å². The molecule has 1 aromatic rings. The van der Waals surface area contributed by atoms with Crippen LogP contribution in [-0.2, 0) is 14.8 Å². The van der Waals surface area contributed by atoms with E-state index in [1.54, 1.807) is 6.07 Å². The third-order valence-electron chi connectivity index (χ3n) is 1.75. The largest absolute Gasteiger partial charge is 0.497 e. The fraction of sp³-hybridized carbons (Fsp3) is 0.222. The van der Waals surface area contributed by atoms with Crippen LogP contribution < -0.4 is 9.46 Å². The summed E-state index contributed by atoms with van der Waals surface area (Å²) in [6.07, 6.45) is 0. The van der Waals surface area contributed by atoms with E-state index in [1.807, 2.05) is 0 Å². The van der Waals surface area contributed by atoms with Crippen LogP contribution in [0.4, 0.5) is 5.69 Å². The molecule has 6 nitrogen and oxygen atoms in total. The summed E-state index contributed by atoms with van der Waals surface area (Å²) in [5.74, 6) is -2.07. The molecule has 94 valence electrons. The number of nitrogens with one attached hydrogen (secondary N) is 1. The molecular formula is C9H10ClNO5S. The molecule has 1 rings (SSSR count). The minimum Gasteiger partial charge on any atom is -0.497 e. The summed E-state index contributed by atoms with van der Waals surface area (Å²) in [4.78, 5) is 10.3. The maximum Gasteiger partial charge on any atom is 0.320 e. The summed E-state index contributed by atoms with van der Waals surface area (Å²) >= 11 is 5.77. The van der Waals surface area contributed by atoms with Gasteiger partial charge in [-0.2, -0.15) is 0 Å². The van der Waals surface area contributed by atoms with Gasteiger partial charge in [-0.3, -0.25) is 9.52 Å². The topological polar surface area (TPSA) is 92.7 Å². The van der Waals surface area contributed by atoms with E-state index >= 15 is 0 Å². The molecule has 0 heterocycles. The molecule has 0 aliphatic rings. The highest BCUT2D eigenvalue weighted by Gasteiger charge is 2.17. The van der Waals surface area contributed by atoms with Gasteiger partial charge in [-0.05, 0) is 12.1 Å². The summed E-state index contributed by atoms with van der Waals surface area (Å²) in [7, 11) is -2.56. The normalized spacial score (nSPS) is 10.9. The van der Waals surface area contributed by atoms with Crippen molar-refractivity contribution in [3.63, 3.8) is 0 Å². The minimum atomic E-state index is -3.97. The van der Waals surface area contributed by atoms with Crippen LogP contribution in [0, 0.1) is 0 Å². The number of rotatable bonds is 5. The fourth-order valence-electron chi connectivity index (χ4n) is 1.08. The lowest BCUT2D eigenvalue weighted by molar-refractivity contribution is -0.134. The van der Waals surface area contributed by atoms with Crippen molar-refractivity contribution in [1.29, 1.82) is 0 Å². The lowest BCUT2D eigenvalue weighted by Gasteiger charge is -2.09. The van der Waals surface area contributed by atoms with Crippen molar-refractivity contribution in [2.75, 3.05) is 17.6 Å². The highest BCUT2D eigenvalue weighted by atomic mass is 35.5. The molecule has 0 fully saturated rings. The van der Waals surface area contributed by atoms with E-state index in [0.717, 1.165) is 0 Å². The van der Waals surface area contributed by atoms with Crippen LogP contribution in [0.2, 0.25) is 5.02 Å². The Kier molecular flexibility index (Phi) is 4.19. The number of methoxy groups -OCH3 is 1. The monoisotopic (exact) mass is 279 g/mol. The number of ether oxygens (including phenoxy) is 1. The first kappa shape index (κ1) is 13.6. The Morgan fingerprint density at radius 1 is 1.53 bits per heavy atom. The van der Waals surface area contributed by atoms with Crippen LogP contribution in [0.5, 0.6) is 5.75 Å². The summed E-state index contributed by atoms with van der Waals surface area (Å²) < 4.78 is 29.7. The molecular weight excluding hydrogens is 270 g/mol. The Balaban J connectivity index is 2.98. The molecule has 2 N–H and O–H groups in total. The highest BCUT2D eigenvalue weighted by Crippen LogP contribution is 2.27. The van der Waals surface area contributed by atoms with Gasteiger partial charge in [0.25, 0.3) is 0 Å². The van der Waals surface area contributed by atoms with E-state index in [-0.39, 0.29) is 10.7 Å². The van der Waals surface area contributed by atoms with Crippen LogP contribution in [-0.4, -0.2) is 32.4 Å². The number of hydrogen-bond donors (Lipinski definition) is 2. The maximum atomic E-state index is 11.4. The van der Waals surface area contributed by atoms with Crippen molar-refractivity contribution in [2.24, 2.45) is 0 Å². The Morgan fingerprint density at radius 2 is 2.18 bits per heavy atom. The SMILES string of the molecule is COc1ccc(Cl)c(NS(=O)(=O)CC(=O)O)c1. The van der Waals surface area contributed by atoms with Gasteiger partial charge in [0, 0.05) is 6.07 Å². The smallest absolute Gasteiger partial charge is 0.320 e. The van der Waals surface area contributed by atoms with Crippen LogP contribution >= 0.6 is 11.6 Å². The van der Waals surface area contributed by atoms with E-state index in [1.165, 1.54) is 19.2 Å². The van der Waals surface area contributed by atoms with Gasteiger partial charge >= 0.3 is 5.97 Å². The Morgan fingerprint density at radius 3 is 2.71 bits per heavy atom. The second kappa shape index (κ2) is 5.24. The van der Waals surface area contributed by atoms with Crippen molar-refractivity contribution in [2.45, 2.75) is 0 Å². The lowest BCUT2D eigenvalue weighted by Crippen LogP contribution is -2.22. The molecule has 0 bridgehead atoms. The number of halogens is 1. The first-order valence-corrected chi connectivity index (χ1v) is 6.43. The second-order valence-corrected chi connectivity index (χ2v) is 5.23. The Hall–Kier alpha value is -1.47. The predicted octanol–water partition coefficient (Wildman–Crippen LogP) is 1.17. The molecule has 17 heavy (non-hydrogen) atoms. The minimum absolute atomic E-state index is 0.0762. The van der Waals surface area contributed by atoms with Crippen molar-refractivity contribution in [1.82, 2.24) is 0 Å². The van der Waals surface area contributed by atoms with Crippen LogP contribution in [0.3, 0.4) is 0 Å². The number of benzene rings is 1. The zero-order valence-corrected chi connectivity index (χ0v) is 10.4. The molecule has 0 aromatic heterocycles. The number of aliphatic carboxylic acids is 1. The molecule has 0 amide bonds. The molecule has 0 unspecified atom stereocenters. The Labute approximate surface area is 103 Å². The first-order valence-electron chi connectivity index (χ1n) is 4.40. The average molecular weight is 280 g/mol. The van der Waals surface area contributed by atoms with E-state index in [0.29, 0.717) is 5.75 Å². The second-order valence-electron chi connectivity index (χ2n) is 3.10. The zero-order valence-electron chi connectivity index (χ0n) is 8.81. The summed E-state index contributed by atoms with van der Waals surface area (Å²) in [5, 5.41) is 8.57. The molecule has 0 aliphatic heterocycles. The molecule has 0 radical (unpaired) electrons. The van der Waals surface area contributed by atoms with Crippen LogP contribution in [0.15, 0.2) is 18.2 Å². The number of hydrogen-bond acceptors (Lipinski definition) is 4. The maximum absolute atomic E-state index is 11.4. The summed E-state index contributed by atoms with van der Waals surface area (Å²) in [6.45, 7) is 0. The number of carboxylic acid groups (broad SMARTS) is 1. The van der Waals surface area contributed by atoms with Gasteiger partial charge in [-0.25, -0.2) is 8.42 Å². The van der Waals surface area contributed by atoms with Crippen molar-refractivity contribution in [3.8, 4) is 5.75 Å². The van der Waals surface area contributed by atoms with E-state index in [4.69, 9.17) is 21.4 Å². The fourth-order valence-corrected chi connectivity index (χ4v) is 2.20. The van der Waals surface area contributed by atoms with Gasteiger partial charge in [0.1, 0.15) is 5.75 Å². The molecule has 0 saturated heterocycles. The summed E-state index contributed by atoms with van der Waals surface area (Å²) in [5.41, 5.74) is 0.0762. The average Bonchev–Trinajstić information content (AvgIpc) is 2.19.